The van der Waals surface area contributed by atoms with Crippen LogP contribution in [0.15, 0.2) is 38.9 Å². The maximum Gasteiger partial charge on any atom is 0.332 e. The second-order valence-corrected chi connectivity index (χ2v) is 7.63. The van der Waals surface area contributed by atoms with Crippen LogP contribution in [0.25, 0.3) is 22.1 Å². The summed E-state index contributed by atoms with van der Waals surface area (Å²) in [6.07, 6.45) is 1.10. The van der Waals surface area contributed by atoms with Gasteiger partial charge in [0, 0.05) is 14.1 Å². The van der Waals surface area contributed by atoms with E-state index in [1.807, 2.05) is 0 Å². The summed E-state index contributed by atoms with van der Waals surface area (Å²) in [5, 5.41) is 3.97. The highest BCUT2D eigenvalue weighted by Crippen LogP contribution is 2.23. The van der Waals surface area contributed by atoms with E-state index < -0.39 is 21.3 Å². The van der Waals surface area contributed by atoms with E-state index in [2.05, 4.69) is 13.8 Å². The molecule has 0 spiro atoms. The van der Waals surface area contributed by atoms with Gasteiger partial charge in [0.25, 0.3) is 15.6 Å². The molecule has 0 aliphatic heterocycles. The van der Waals surface area contributed by atoms with E-state index >= 15 is 0 Å². The van der Waals surface area contributed by atoms with Gasteiger partial charge in [0.1, 0.15) is 21.3 Å². The molecule has 0 atom stereocenters. The van der Waals surface area contributed by atoms with Crippen LogP contribution in [-0.2, 0) is 24.1 Å². The molecule has 0 unspecified atom stereocenters. The van der Waals surface area contributed by atoms with Crippen LogP contribution >= 0.6 is 11.7 Å². The third-order valence-electron chi connectivity index (χ3n) is 3.87. The Morgan fingerprint density at radius 1 is 1.08 bits per heavy atom. The lowest BCUT2D eigenvalue weighted by molar-refractivity contribution is 0.581. The van der Waals surface area contributed by atoms with Crippen molar-refractivity contribution in [3.05, 3.63) is 45.2 Å². The summed E-state index contributed by atoms with van der Waals surface area (Å²) in [4.78, 5) is 24.1. The number of benzene rings is 1. The standard InChI is InChI=1S/C13H10N6O4S2/c1-17-11-7(12(20)18(2)13(17)21)6-19(14-11)25(22,23)9-5-3-4-8-10(9)16-24-15-8/h3-6H,1-2H3. The maximum absolute atomic E-state index is 12.9. The van der Waals surface area contributed by atoms with Crippen LogP contribution in [0.5, 0.6) is 0 Å². The molecule has 3 heterocycles. The molecule has 0 saturated carbocycles. The fourth-order valence-corrected chi connectivity index (χ4v) is 4.42. The molecule has 3 aromatic heterocycles. The lowest BCUT2D eigenvalue weighted by atomic mass is 10.3. The van der Waals surface area contributed by atoms with Crippen LogP contribution in [0.4, 0.5) is 0 Å². The van der Waals surface area contributed by atoms with E-state index in [4.69, 9.17) is 0 Å². The van der Waals surface area contributed by atoms with Gasteiger partial charge >= 0.3 is 5.69 Å². The van der Waals surface area contributed by atoms with Gasteiger partial charge in [-0.05, 0) is 12.1 Å². The van der Waals surface area contributed by atoms with E-state index in [9.17, 15) is 18.0 Å². The first-order valence-electron chi connectivity index (χ1n) is 6.94. The van der Waals surface area contributed by atoms with Crippen molar-refractivity contribution in [3.8, 4) is 0 Å². The fraction of sp³-hybridized carbons (Fsp3) is 0.154. The van der Waals surface area contributed by atoms with Crippen molar-refractivity contribution < 1.29 is 8.42 Å². The second kappa shape index (κ2) is 5.07. The summed E-state index contributed by atoms with van der Waals surface area (Å²) < 4.78 is 36.6. The lowest BCUT2D eigenvalue weighted by Crippen LogP contribution is -2.36. The molecule has 10 nitrogen and oxygen atoms in total. The Kier molecular flexibility index (Phi) is 3.17. The van der Waals surface area contributed by atoms with Gasteiger partial charge in [-0.1, -0.05) is 6.07 Å². The van der Waals surface area contributed by atoms with Crippen LogP contribution in [-0.4, -0.2) is 35.5 Å². The molecule has 25 heavy (non-hydrogen) atoms. The first kappa shape index (κ1) is 15.7. The summed E-state index contributed by atoms with van der Waals surface area (Å²) in [6, 6.07) is 4.59. The van der Waals surface area contributed by atoms with Crippen molar-refractivity contribution in [2.75, 3.05) is 0 Å². The largest absolute Gasteiger partial charge is 0.332 e. The number of rotatable bonds is 2. The normalized spacial score (nSPS) is 12.2. The molecule has 0 fully saturated rings. The zero-order chi connectivity index (χ0) is 17.9. The van der Waals surface area contributed by atoms with E-state index in [-0.39, 0.29) is 21.4 Å². The average molecular weight is 378 g/mol. The second-order valence-electron chi connectivity index (χ2n) is 5.34. The Morgan fingerprint density at radius 3 is 2.60 bits per heavy atom. The molecule has 0 aliphatic carbocycles. The molecular formula is C13H10N6O4S2. The minimum absolute atomic E-state index is 0.0137. The number of hydrogen-bond donors (Lipinski definition) is 0. The van der Waals surface area contributed by atoms with Gasteiger partial charge in [-0.2, -0.15) is 21.3 Å². The highest BCUT2D eigenvalue weighted by Gasteiger charge is 2.25. The number of aromatic nitrogens is 6. The van der Waals surface area contributed by atoms with Crippen LogP contribution in [0.2, 0.25) is 0 Å². The van der Waals surface area contributed by atoms with Gasteiger partial charge in [-0.25, -0.2) is 4.79 Å². The van der Waals surface area contributed by atoms with Crippen molar-refractivity contribution in [3.63, 3.8) is 0 Å². The molecular weight excluding hydrogens is 368 g/mol. The molecule has 0 aliphatic rings. The van der Waals surface area contributed by atoms with Crippen molar-refractivity contribution in [2.45, 2.75) is 4.90 Å². The predicted octanol–water partition coefficient (Wildman–Crippen LogP) is -0.325. The Hall–Kier alpha value is -2.86. The molecule has 0 N–H and O–H groups in total. The highest BCUT2D eigenvalue weighted by atomic mass is 32.2. The lowest BCUT2D eigenvalue weighted by Gasteiger charge is -2.04. The Bertz CT molecular complexity index is 1380. The third-order valence-corrected chi connectivity index (χ3v) is 5.98. The quantitative estimate of drug-likeness (QED) is 0.468. The molecule has 4 aromatic rings. The summed E-state index contributed by atoms with van der Waals surface area (Å²) in [7, 11) is -1.38. The highest BCUT2D eigenvalue weighted by molar-refractivity contribution is 7.90. The van der Waals surface area contributed by atoms with E-state index in [0.29, 0.717) is 9.60 Å². The maximum atomic E-state index is 12.9. The van der Waals surface area contributed by atoms with Crippen LogP contribution in [0.3, 0.4) is 0 Å². The van der Waals surface area contributed by atoms with Gasteiger partial charge in [0.05, 0.1) is 17.9 Å². The zero-order valence-corrected chi connectivity index (χ0v) is 14.6. The van der Waals surface area contributed by atoms with Crippen LogP contribution < -0.4 is 11.2 Å². The fourth-order valence-electron chi connectivity index (χ4n) is 2.54. The topological polar surface area (TPSA) is 122 Å². The average Bonchev–Trinajstić information content (AvgIpc) is 3.24. The summed E-state index contributed by atoms with van der Waals surface area (Å²) in [5.74, 6) is 0. The molecule has 1 aromatic carbocycles. The van der Waals surface area contributed by atoms with E-state index in [1.165, 1.54) is 20.2 Å². The van der Waals surface area contributed by atoms with E-state index in [0.717, 1.165) is 27.1 Å². The van der Waals surface area contributed by atoms with Crippen molar-refractivity contribution >= 4 is 43.8 Å². The van der Waals surface area contributed by atoms with Crippen LogP contribution in [0.1, 0.15) is 0 Å². The van der Waals surface area contributed by atoms with E-state index in [1.54, 1.807) is 12.1 Å². The van der Waals surface area contributed by atoms with Gasteiger partial charge in [-0.15, -0.1) is 5.10 Å². The molecule has 0 saturated heterocycles. The van der Waals surface area contributed by atoms with Crippen molar-refractivity contribution in [2.24, 2.45) is 14.1 Å². The summed E-state index contributed by atoms with van der Waals surface area (Å²) >= 11 is 0.899. The first-order chi connectivity index (χ1) is 11.8. The molecule has 0 bridgehead atoms. The molecule has 4 rings (SSSR count). The number of nitrogens with zero attached hydrogens (tertiary/aromatic N) is 6. The number of fused-ring (bicyclic) bond motifs is 2. The van der Waals surface area contributed by atoms with Crippen molar-refractivity contribution in [1.29, 1.82) is 0 Å². The molecule has 12 heteroatoms. The Morgan fingerprint density at radius 2 is 1.84 bits per heavy atom. The van der Waals surface area contributed by atoms with Gasteiger partial charge < -0.3 is 0 Å². The Balaban J connectivity index is 2.06. The van der Waals surface area contributed by atoms with Gasteiger partial charge in [-0.3, -0.25) is 13.9 Å². The molecule has 128 valence electrons. The Labute approximate surface area is 143 Å². The number of aryl methyl sites for hydroxylation is 1. The third kappa shape index (κ3) is 2.07. The molecule has 0 amide bonds. The minimum Gasteiger partial charge on any atom is -0.279 e. The summed E-state index contributed by atoms with van der Waals surface area (Å²) in [6.45, 7) is 0. The monoisotopic (exact) mass is 378 g/mol. The van der Waals surface area contributed by atoms with Gasteiger partial charge in [0.15, 0.2) is 5.65 Å². The zero-order valence-electron chi connectivity index (χ0n) is 12.9. The van der Waals surface area contributed by atoms with Crippen LogP contribution in [0, 0.1) is 0 Å². The predicted molar refractivity (Wildman–Crippen MR) is 90.2 cm³/mol. The van der Waals surface area contributed by atoms with Gasteiger partial charge in [0.2, 0.25) is 0 Å². The minimum atomic E-state index is -4.11. The molecule has 0 radical (unpaired) electrons. The summed E-state index contributed by atoms with van der Waals surface area (Å²) in [5.41, 5.74) is -0.542. The first-order valence-corrected chi connectivity index (χ1v) is 9.11. The number of hydrogen-bond acceptors (Lipinski definition) is 8. The van der Waals surface area contributed by atoms with Crippen molar-refractivity contribution in [1.82, 2.24) is 27.1 Å². The SMILES string of the molecule is Cn1c(=O)c2cn(S(=O)(=O)c3cccc4nsnc34)nc2n(C)c1=O. The smallest absolute Gasteiger partial charge is 0.279 e.